The second-order valence-electron chi connectivity index (χ2n) is 5.88. The van der Waals surface area contributed by atoms with Crippen LogP contribution in [0.5, 0.6) is 11.5 Å². The molecule has 1 aromatic rings. The van der Waals surface area contributed by atoms with Gasteiger partial charge >= 0.3 is 5.97 Å². The van der Waals surface area contributed by atoms with E-state index in [-0.39, 0.29) is 12.7 Å². The van der Waals surface area contributed by atoms with Gasteiger partial charge in [-0.05, 0) is 37.6 Å². The van der Waals surface area contributed by atoms with E-state index in [1.165, 1.54) is 20.3 Å². The van der Waals surface area contributed by atoms with Crippen LogP contribution in [0.25, 0.3) is 0 Å². The Morgan fingerprint density at radius 2 is 2.17 bits per heavy atom. The Kier molecular flexibility index (Phi) is 6.84. The first-order valence-electron chi connectivity index (χ1n) is 8.01. The summed E-state index contributed by atoms with van der Waals surface area (Å²) in [5.41, 5.74) is 0.365. The highest BCUT2D eigenvalue weighted by Crippen LogP contribution is 2.28. The van der Waals surface area contributed by atoms with Crippen molar-refractivity contribution in [2.24, 2.45) is 0 Å². The average Bonchev–Trinajstić information content (AvgIpc) is 2.59. The standard InChI is InChI=1S/C17H25NO6/c1-22-16-8-12(17(21)23-2)5-6-15(16)24-11-14(20)10-18-7-3-4-13(19)9-18/h5-6,8,13-14,19-20H,3-4,7,9-11H2,1-2H3/t13-,14-/m1/s1. The molecular weight excluding hydrogens is 314 g/mol. The number of benzene rings is 1. The number of aliphatic hydroxyl groups is 2. The summed E-state index contributed by atoms with van der Waals surface area (Å²) >= 11 is 0. The number of piperidine rings is 1. The lowest BCUT2D eigenvalue weighted by molar-refractivity contribution is 0.0239. The summed E-state index contributed by atoms with van der Waals surface area (Å²) in [6.07, 6.45) is 0.739. The number of aliphatic hydroxyl groups excluding tert-OH is 2. The van der Waals surface area contributed by atoms with E-state index in [0.29, 0.717) is 30.2 Å². The van der Waals surface area contributed by atoms with Gasteiger partial charge in [-0.2, -0.15) is 0 Å². The summed E-state index contributed by atoms with van der Waals surface area (Å²) in [7, 11) is 2.79. The van der Waals surface area contributed by atoms with Crippen LogP contribution in [0.4, 0.5) is 0 Å². The van der Waals surface area contributed by atoms with Crippen LogP contribution >= 0.6 is 0 Å². The monoisotopic (exact) mass is 339 g/mol. The first kappa shape index (κ1) is 18.5. The Morgan fingerprint density at radius 1 is 1.38 bits per heavy atom. The van der Waals surface area contributed by atoms with Gasteiger partial charge in [0.05, 0.1) is 25.9 Å². The van der Waals surface area contributed by atoms with Crippen molar-refractivity contribution < 1.29 is 29.2 Å². The molecule has 2 N–H and O–H groups in total. The molecule has 0 saturated carbocycles. The van der Waals surface area contributed by atoms with Crippen molar-refractivity contribution in [3.8, 4) is 11.5 Å². The third-order valence-electron chi connectivity index (χ3n) is 3.97. The minimum atomic E-state index is -0.680. The quantitative estimate of drug-likeness (QED) is 0.706. The molecule has 0 amide bonds. The maximum atomic E-state index is 11.5. The van der Waals surface area contributed by atoms with Crippen LogP contribution in [0.2, 0.25) is 0 Å². The van der Waals surface area contributed by atoms with Crippen LogP contribution in [-0.2, 0) is 4.74 Å². The second-order valence-corrected chi connectivity index (χ2v) is 5.88. The van der Waals surface area contributed by atoms with E-state index in [1.54, 1.807) is 12.1 Å². The number of rotatable bonds is 7. The van der Waals surface area contributed by atoms with Crippen molar-refractivity contribution in [1.29, 1.82) is 0 Å². The van der Waals surface area contributed by atoms with Crippen LogP contribution < -0.4 is 9.47 Å². The van der Waals surface area contributed by atoms with E-state index in [1.807, 2.05) is 4.90 Å². The SMILES string of the molecule is COC(=O)c1ccc(OC[C@H](O)CN2CCC[C@@H](O)C2)c(OC)c1. The van der Waals surface area contributed by atoms with Crippen molar-refractivity contribution in [3.05, 3.63) is 23.8 Å². The van der Waals surface area contributed by atoms with E-state index in [2.05, 4.69) is 4.74 Å². The molecule has 0 aliphatic carbocycles. The van der Waals surface area contributed by atoms with Crippen molar-refractivity contribution in [2.75, 3.05) is 40.5 Å². The molecule has 0 unspecified atom stereocenters. The lowest BCUT2D eigenvalue weighted by atomic mass is 10.1. The number of likely N-dealkylation sites (tertiary alicyclic amines) is 1. The Morgan fingerprint density at radius 3 is 2.83 bits per heavy atom. The molecule has 7 nitrogen and oxygen atoms in total. The Bertz CT molecular complexity index is 550. The Labute approximate surface area is 141 Å². The molecule has 0 aromatic heterocycles. The van der Waals surface area contributed by atoms with E-state index < -0.39 is 12.1 Å². The molecule has 2 rings (SSSR count). The summed E-state index contributed by atoms with van der Waals surface area (Å²) in [6.45, 7) is 1.99. The van der Waals surface area contributed by atoms with Gasteiger partial charge in [0.1, 0.15) is 12.7 Å². The van der Waals surface area contributed by atoms with Gasteiger partial charge in [0.15, 0.2) is 11.5 Å². The molecule has 1 aliphatic rings. The number of esters is 1. The lowest BCUT2D eigenvalue weighted by Crippen LogP contribution is -2.43. The molecule has 1 heterocycles. The fourth-order valence-corrected chi connectivity index (χ4v) is 2.77. The van der Waals surface area contributed by atoms with E-state index in [9.17, 15) is 15.0 Å². The molecule has 1 aliphatic heterocycles. The second kappa shape index (κ2) is 8.86. The summed E-state index contributed by atoms with van der Waals surface area (Å²) < 4.78 is 15.5. The van der Waals surface area contributed by atoms with E-state index in [0.717, 1.165) is 19.4 Å². The first-order valence-corrected chi connectivity index (χ1v) is 8.01. The largest absolute Gasteiger partial charge is 0.493 e. The summed E-state index contributed by atoms with van der Waals surface area (Å²) in [6, 6.07) is 4.73. The zero-order valence-corrected chi connectivity index (χ0v) is 14.1. The molecule has 1 aromatic carbocycles. The van der Waals surface area contributed by atoms with E-state index >= 15 is 0 Å². The van der Waals surface area contributed by atoms with Crippen LogP contribution in [0.15, 0.2) is 18.2 Å². The molecule has 0 bridgehead atoms. The Hall–Kier alpha value is -1.83. The number of ether oxygens (including phenoxy) is 3. The zero-order chi connectivity index (χ0) is 17.5. The van der Waals surface area contributed by atoms with Gasteiger partial charge in [-0.3, -0.25) is 4.90 Å². The molecule has 24 heavy (non-hydrogen) atoms. The smallest absolute Gasteiger partial charge is 0.337 e. The van der Waals surface area contributed by atoms with Gasteiger partial charge in [0, 0.05) is 13.1 Å². The minimum Gasteiger partial charge on any atom is -0.493 e. The predicted molar refractivity (Wildman–Crippen MR) is 87.5 cm³/mol. The van der Waals surface area contributed by atoms with Crippen molar-refractivity contribution in [1.82, 2.24) is 4.90 Å². The van der Waals surface area contributed by atoms with E-state index in [4.69, 9.17) is 9.47 Å². The summed E-state index contributed by atoms with van der Waals surface area (Å²) in [4.78, 5) is 13.5. The summed E-state index contributed by atoms with van der Waals surface area (Å²) in [5, 5.41) is 19.8. The molecular formula is C17H25NO6. The van der Waals surface area contributed by atoms with Crippen LogP contribution in [-0.4, -0.2) is 73.8 Å². The molecule has 2 atom stereocenters. The van der Waals surface area contributed by atoms with Gasteiger partial charge in [-0.25, -0.2) is 4.79 Å². The molecule has 7 heteroatoms. The number of nitrogens with zero attached hydrogens (tertiary/aromatic N) is 1. The first-order chi connectivity index (χ1) is 11.5. The van der Waals surface area contributed by atoms with Crippen LogP contribution in [0.3, 0.4) is 0 Å². The van der Waals surface area contributed by atoms with Gasteiger partial charge in [-0.1, -0.05) is 0 Å². The van der Waals surface area contributed by atoms with Gasteiger partial charge < -0.3 is 24.4 Å². The van der Waals surface area contributed by atoms with Gasteiger partial charge in [0.2, 0.25) is 0 Å². The molecule has 1 fully saturated rings. The fraction of sp³-hybridized carbons (Fsp3) is 0.588. The van der Waals surface area contributed by atoms with Gasteiger partial charge in [0.25, 0.3) is 0 Å². The Balaban J connectivity index is 1.89. The normalized spacial score (nSPS) is 19.6. The van der Waals surface area contributed by atoms with Crippen LogP contribution in [0.1, 0.15) is 23.2 Å². The number of methoxy groups -OCH3 is 2. The maximum absolute atomic E-state index is 11.5. The van der Waals surface area contributed by atoms with Crippen molar-refractivity contribution in [2.45, 2.75) is 25.0 Å². The third kappa shape index (κ3) is 5.09. The molecule has 134 valence electrons. The van der Waals surface area contributed by atoms with Crippen LogP contribution in [0, 0.1) is 0 Å². The topological polar surface area (TPSA) is 88.5 Å². The zero-order valence-electron chi connectivity index (χ0n) is 14.1. The number of carbonyl (C=O) groups excluding carboxylic acids is 1. The highest BCUT2D eigenvalue weighted by molar-refractivity contribution is 5.90. The molecule has 0 radical (unpaired) electrons. The number of hydrogen-bond donors (Lipinski definition) is 2. The number of hydrogen-bond acceptors (Lipinski definition) is 7. The van der Waals surface area contributed by atoms with Crippen molar-refractivity contribution >= 4 is 5.97 Å². The third-order valence-corrected chi connectivity index (χ3v) is 3.97. The highest BCUT2D eigenvalue weighted by atomic mass is 16.5. The molecule has 1 saturated heterocycles. The average molecular weight is 339 g/mol. The molecule has 0 spiro atoms. The lowest BCUT2D eigenvalue weighted by Gasteiger charge is -2.31. The highest BCUT2D eigenvalue weighted by Gasteiger charge is 2.20. The minimum absolute atomic E-state index is 0.0977. The predicted octanol–water partition coefficient (Wildman–Crippen LogP) is 0.678. The maximum Gasteiger partial charge on any atom is 0.337 e. The van der Waals surface area contributed by atoms with Gasteiger partial charge in [-0.15, -0.1) is 0 Å². The number of β-amino-alcohol motifs (C(OH)–C–C–N with tert-alkyl or cyclic N) is 2. The summed E-state index contributed by atoms with van der Waals surface area (Å²) in [5.74, 6) is 0.393. The van der Waals surface area contributed by atoms with Crippen molar-refractivity contribution in [3.63, 3.8) is 0 Å². The fourth-order valence-electron chi connectivity index (χ4n) is 2.77. The number of carbonyl (C=O) groups is 1.